The molecular weight excluding hydrogens is 490 g/mol. The van der Waals surface area contributed by atoms with Gasteiger partial charge in [0.2, 0.25) is 0 Å². The summed E-state index contributed by atoms with van der Waals surface area (Å²) in [5.74, 6) is 0.689. The van der Waals surface area contributed by atoms with Crippen molar-refractivity contribution in [2.24, 2.45) is 0 Å². The molecule has 0 radical (unpaired) electrons. The van der Waals surface area contributed by atoms with Crippen molar-refractivity contribution in [1.29, 1.82) is 0 Å². The van der Waals surface area contributed by atoms with Crippen molar-refractivity contribution in [2.75, 3.05) is 13.1 Å². The van der Waals surface area contributed by atoms with E-state index < -0.39 is 17.1 Å². The first-order valence-corrected chi connectivity index (χ1v) is 15.6. The Bertz CT molecular complexity index is 1070. The molecule has 4 atom stereocenters. The summed E-state index contributed by atoms with van der Waals surface area (Å²) in [5, 5.41) is 12.3. The SMILES string of the molecule is C=CCN1CC[C@@]23c4c5ccc(OC(=O)CCCCCCCCCCCCC)c4O[C@@H]2C(=O)CC[C@@]3(O)[C@H]1C5. The number of aliphatic hydroxyl groups is 1. The fourth-order valence-corrected chi connectivity index (χ4v) is 7.97. The minimum Gasteiger partial charge on any atom is -0.477 e. The normalized spacial score (nSPS) is 28.6. The number of carbonyl (C=O) groups excluding carboxylic acids is 2. The van der Waals surface area contributed by atoms with E-state index in [0.29, 0.717) is 50.1 Å². The molecule has 2 heterocycles. The lowest BCUT2D eigenvalue weighted by Gasteiger charge is -2.62. The number of esters is 1. The molecule has 214 valence electrons. The Morgan fingerprint density at radius 1 is 1.10 bits per heavy atom. The Morgan fingerprint density at radius 2 is 1.79 bits per heavy atom. The van der Waals surface area contributed by atoms with Gasteiger partial charge in [0.1, 0.15) is 0 Å². The zero-order valence-electron chi connectivity index (χ0n) is 23.8. The van der Waals surface area contributed by atoms with Gasteiger partial charge in [0.05, 0.1) is 11.0 Å². The number of piperidine rings is 1. The lowest BCUT2D eigenvalue weighted by Crippen LogP contribution is -2.76. The van der Waals surface area contributed by atoms with Crippen LogP contribution >= 0.6 is 0 Å². The van der Waals surface area contributed by atoms with Gasteiger partial charge in [0.25, 0.3) is 0 Å². The zero-order valence-corrected chi connectivity index (χ0v) is 23.8. The molecule has 2 fully saturated rings. The van der Waals surface area contributed by atoms with Gasteiger partial charge in [-0.2, -0.15) is 0 Å². The van der Waals surface area contributed by atoms with E-state index in [1.807, 2.05) is 18.2 Å². The van der Waals surface area contributed by atoms with Crippen LogP contribution < -0.4 is 9.47 Å². The maximum atomic E-state index is 13.2. The second-order valence-corrected chi connectivity index (χ2v) is 12.3. The Morgan fingerprint density at radius 3 is 2.49 bits per heavy atom. The van der Waals surface area contributed by atoms with E-state index in [0.717, 1.165) is 36.9 Å². The third-order valence-electron chi connectivity index (χ3n) is 9.93. The lowest BCUT2D eigenvalue weighted by atomic mass is 9.49. The van der Waals surface area contributed by atoms with Crippen molar-refractivity contribution in [3.05, 3.63) is 35.9 Å². The molecule has 6 heteroatoms. The van der Waals surface area contributed by atoms with Crippen molar-refractivity contribution in [1.82, 2.24) is 4.90 Å². The molecule has 2 bridgehead atoms. The van der Waals surface area contributed by atoms with Crippen LogP contribution in [0.25, 0.3) is 0 Å². The fourth-order valence-electron chi connectivity index (χ4n) is 7.97. The average molecular weight is 538 g/mol. The predicted molar refractivity (Wildman–Crippen MR) is 152 cm³/mol. The Kier molecular flexibility index (Phi) is 8.82. The van der Waals surface area contributed by atoms with Crippen LogP contribution in [0.3, 0.4) is 0 Å². The van der Waals surface area contributed by atoms with Gasteiger partial charge >= 0.3 is 5.97 Å². The number of benzene rings is 1. The van der Waals surface area contributed by atoms with Crippen molar-refractivity contribution < 1.29 is 24.2 Å². The van der Waals surface area contributed by atoms with Crippen LogP contribution in [-0.2, 0) is 21.4 Å². The second-order valence-electron chi connectivity index (χ2n) is 12.3. The lowest BCUT2D eigenvalue weighted by molar-refractivity contribution is -0.187. The largest absolute Gasteiger partial charge is 0.477 e. The Labute approximate surface area is 234 Å². The number of ketones is 1. The maximum Gasteiger partial charge on any atom is 0.311 e. The zero-order chi connectivity index (χ0) is 27.5. The van der Waals surface area contributed by atoms with Gasteiger partial charge in [-0.3, -0.25) is 14.5 Å². The van der Waals surface area contributed by atoms with E-state index in [-0.39, 0.29) is 17.8 Å². The van der Waals surface area contributed by atoms with Gasteiger partial charge in [0.15, 0.2) is 23.4 Å². The van der Waals surface area contributed by atoms with E-state index in [4.69, 9.17) is 9.47 Å². The molecule has 0 aromatic heterocycles. The summed E-state index contributed by atoms with van der Waals surface area (Å²) in [6, 6.07) is 3.75. The van der Waals surface area contributed by atoms with Crippen LogP contribution in [0.1, 0.15) is 114 Å². The molecule has 1 saturated heterocycles. The highest BCUT2D eigenvalue weighted by Gasteiger charge is 2.73. The molecule has 1 aromatic rings. The van der Waals surface area contributed by atoms with Gasteiger partial charge < -0.3 is 14.6 Å². The number of ether oxygens (including phenoxy) is 2. The van der Waals surface area contributed by atoms with Gasteiger partial charge in [-0.25, -0.2) is 0 Å². The average Bonchev–Trinajstić information content (AvgIpc) is 3.28. The summed E-state index contributed by atoms with van der Waals surface area (Å²) in [4.78, 5) is 28.3. The van der Waals surface area contributed by atoms with Crippen LogP contribution in [0, 0.1) is 0 Å². The van der Waals surface area contributed by atoms with Crippen LogP contribution in [0.5, 0.6) is 11.5 Å². The molecule has 2 aliphatic carbocycles. The first-order valence-electron chi connectivity index (χ1n) is 15.6. The maximum absolute atomic E-state index is 13.2. The van der Waals surface area contributed by atoms with Crippen molar-refractivity contribution in [3.63, 3.8) is 0 Å². The van der Waals surface area contributed by atoms with E-state index in [9.17, 15) is 14.7 Å². The monoisotopic (exact) mass is 537 g/mol. The molecule has 6 nitrogen and oxygen atoms in total. The summed E-state index contributed by atoms with van der Waals surface area (Å²) in [6.45, 7) is 7.64. The van der Waals surface area contributed by atoms with E-state index in [2.05, 4.69) is 18.4 Å². The standard InChI is InChI=1S/C33H47NO5/c1-3-5-6-7-8-9-10-11-12-13-14-15-28(36)38-26-17-16-24-23-27-33(37)19-18-25(35)31-32(33,29(24)30(26)39-31)20-22-34(27)21-4-2/h4,16-17,27,31,37H,2-3,5-15,18-23H2,1H3/t27-,31-,32-,33-/m1/s1. The summed E-state index contributed by atoms with van der Waals surface area (Å²) in [5.41, 5.74) is 0.184. The molecule has 1 aromatic carbocycles. The van der Waals surface area contributed by atoms with E-state index in [1.165, 1.54) is 51.4 Å². The first kappa shape index (κ1) is 28.4. The highest BCUT2D eigenvalue weighted by atomic mass is 16.6. The number of hydrogen-bond donors (Lipinski definition) is 1. The minimum atomic E-state index is -1.05. The van der Waals surface area contributed by atoms with Gasteiger partial charge in [-0.15, -0.1) is 6.58 Å². The predicted octanol–water partition coefficient (Wildman–Crippen LogP) is 6.20. The number of rotatable bonds is 15. The van der Waals surface area contributed by atoms with Crippen molar-refractivity contribution in [2.45, 2.75) is 133 Å². The highest BCUT2D eigenvalue weighted by molar-refractivity contribution is 5.90. The molecule has 2 aliphatic heterocycles. The number of likely N-dealkylation sites (tertiary alicyclic amines) is 1. The summed E-state index contributed by atoms with van der Waals surface area (Å²) in [7, 11) is 0. The highest BCUT2D eigenvalue weighted by Crippen LogP contribution is 2.64. The van der Waals surface area contributed by atoms with Crippen LogP contribution in [0.4, 0.5) is 0 Å². The molecule has 1 saturated carbocycles. The molecule has 1 spiro atoms. The van der Waals surface area contributed by atoms with Gasteiger partial charge in [-0.05, 0) is 37.3 Å². The van der Waals surface area contributed by atoms with Crippen LogP contribution in [0.15, 0.2) is 24.8 Å². The molecule has 0 amide bonds. The van der Waals surface area contributed by atoms with Crippen molar-refractivity contribution >= 4 is 11.8 Å². The topological polar surface area (TPSA) is 76.1 Å². The number of unbranched alkanes of at least 4 members (excludes halogenated alkanes) is 10. The van der Waals surface area contributed by atoms with Crippen LogP contribution in [-0.4, -0.2) is 52.6 Å². The number of carbonyl (C=O) groups is 2. The number of nitrogens with zero attached hydrogens (tertiary/aromatic N) is 1. The van der Waals surface area contributed by atoms with Crippen LogP contribution in [0.2, 0.25) is 0 Å². The molecular formula is C33H47NO5. The second kappa shape index (κ2) is 12.1. The number of hydrogen-bond acceptors (Lipinski definition) is 6. The minimum absolute atomic E-state index is 0.0397. The Hall–Kier alpha value is -2.18. The molecule has 4 aliphatic rings. The number of Topliss-reactive ketones (excluding diaryl/α,β-unsaturated/α-hetero) is 1. The van der Waals surface area contributed by atoms with E-state index in [1.54, 1.807) is 0 Å². The van der Waals surface area contributed by atoms with Gasteiger partial charge in [0, 0.05) is 37.5 Å². The molecule has 1 N–H and O–H groups in total. The third kappa shape index (κ3) is 5.08. The Balaban J connectivity index is 1.20. The summed E-state index contributed by atoms with van der Waals surface area (Å²) < 4.78 is 12.2. The quantitative estimate of drug-likeness (QED) is 0.124. The van der Waals surface area contributed by atoms with Gasteiger partial charge in [-0.1, -0.05) is 83.3 Å². The summed E-state index contributed by atoms with van der Waals surface area (Å²) in [6.07, 6.45) is 17.2. The summed E-state index contributed by atoms with van der Waals surface area (Å²) >= 11 is 0. The molecule has 5 rings (SSSR count). The fraction of sp³-hybridized carbons (Fsp3) is 0.697. The molecule has 0 unspecified atom stereocenters. The third-order valence-corrected chi connectivity index (χ3v) is 9.93. The molecule has 39 heavy (non-hydrogen) atoms. The van der Waals surface area contributed by atoms with Crippen molar-refractivity contribution in [3.8, 4) is 11.5 Å². The van der Waals surface area contributed by atoms with E-state index >= 15 is 0 Å². The smallest absolute Gasteiger partial charge is 0.311 e. The first-order chi connectivity index (χ1) is 19.0.